The van der Waals surface area contributed by atoms with Gasteiger partial charge >= 0.3 is 0 Å². The lowest BCUT2D eigenvalue weighted by atomic mass is 10.1. The van der Waals surface area contributed by atoms with Crippen molar-refractivity contribution in [3.63, 3.8) is 0 Å². The van der Waals surface area contributed by atoms with E-state index in [-0.39, 0.29) is 0 Å². The number of benzene rings is 1. The van der Waals surface area contributed by atoms with Crippen LogP contribution in [-0.4, -0.2) is 23.1 Å². The Morgan fingerprint density at radius 2 is 2.05 bits per heavy atom. The maximum absolute atomic E-state index is 8.78. The van der Waals surface area contributed by atoms with Gasteiger partial charge in [-0.25, -0.2) is 0 Å². The van der Waals surface area contributed by atoms with Crippen LogP contribution in [0.2, 0.25) is 0 Å². The van der Waals surface area contributed by atoms with Gasteiger partial charge in [-0.2, -0.15) is 5.26 Å². The van der Waals surface area contributed by atoms with E-state index in [0.717, 1.165) is 18.7 Å². The van der Waals surface area contributed by atoms with Crippen molar-refractivity contribution in [1.82, 2.24) is 10.2 Å². The Kier molecular flexibility index (Phi) is 6.46. The van der Waals surface area contributed by atoms with Gasteiger partial charge in [0.1, 0.15) is 5.76 Å². The first-order valence-corrected chi connectivity index (χ1v) is 7.66. The summed E-state index contributed by atoms with van der Waals surface area (Å²) < 4.78 is 5.36. The second kappa shape index (κ2) is 8.85. The minimum absolute atomic E-state index is 0.432. The molecular formula is C17H19N3OS. The lowest BCUT2D eigenvalue weighted by Gasteiger charge is -2.24. The van der Waals surface area contributed by atoms with Crippen molar-refractivity contribution in [2.75, 3.05) is 13.1 Å². The average molecular weight is 313 g/mol. The van der Waals surface area contributed by atoms with Gasteiger partial charge in [0.15, 0.2) is 5.11 Å². The summed E-state index contributed by atoms with van der Waals surface area (Å²) >= 11 is 5.44. The first kappa shape index (κ1) is 16.1. The van der Waals surface area contributed by atoms with Crippen molar-refractivity contribution >= 4 is 17.3 Å². The van der Waals surface area contributed by atoms with Crippen LogP contribution in [0.5, 0.6) is 0 Å². The standard InChI is InChI=1S/C17H19N3OS/c18-10-5-12-20(14-16-8-4-13-21-16)17(22)19-11-9-15-6-2-1-3-7-15/h1-4,6-8,13H,5,9,11-12,14H2,(H,19,22). The predicted octanol–water partition coefficient (Wildman–Crippen LogP) is 3.11. The molecule has 22 heavy (non-hydrogen) atoms. The zero-order valence-corrected chi connectivity index (χ0v) is 13.2. The summed E-state index contributed by atoms with van der Waals surface area (Å²) in [6, 6.07) is 16.2. The Bertz CT molecular complexity index is 605. The Labute approximate surface area is 136 Å². The molecule has 0 bridgehead atoms. The molecule has 1 aromatic carbocycles. The van der Waals surface area contributed by atoms with Crippen LogP contribution in [0.25, 0.3) is 0 Å². The van der Waals surface area contributed by atoms with E-state index in [0.29, 0.717) is 24.6 Å². The van der Waals surface area contributed by atoms with Crippen LogP contribution in [0, 0.1) is 11.3 Å². The van der Waals surface area contributed by atoms with E-state index in [2.05, 4.69) is 23.5 Å². The minimum atomic E-state index is 0.432. The predicted molar refractivity (Wildman–Crippen MR) is 90.1 cm³/mol. The highest BCUT2D eigenvalue weighted by Gasteiger charge is 2.11. The minimum Gasteiger partial charge on any atom is -0.467 e. The number of furan rings is 1. The molecular weight excluding hydrogens is 294 g/mol. The van der Waals surface area contributed by atoms with E-state index in [1.54, 1.807) is 6.26 Å². The molecule has 0 saturated heterocycles. The molecule has 0 saturated carbocycles. The molecule has 0 atom stereocenters. The Morgan fingerprint density at radius 3 is 2.73 bits per heavy atom. The van der Waals surface area contributed by atoms with E-state index in [4.69, 9.17) is 21.9 Å². The molecule has 0 aliphatic heterocycles. The van der Waals surface area contributed by atoms with Crippen molar-refractivity contribution in [1.29, 1.82) is 5.26 Å². The first-order chi connectivity index (χ1) is 10.8. The van der Waals surface area contributed by atoms with Crippen LogP contribution in [0.1, 0.15) is 17.7 Å². The normalized spacial score (nSPS) is 9.95. The summed E-state index contributed by atoms with van der Waals surface area (Å²) in [6.07, 6.45) is 2.98. The monoisotopic (exact) mass is 313 g/mol. The molecule has 1 aromatic heterocycles. The molecule has 0 amide bonds. The zero-order valence-electron chi connectivity index (χ0n) is 12.4. The summed E-state index contributed by atoms with van der Waals surface area (Å²) in [6.45, 7) is 1.93. The SMILES string of the molecule is N#CCCN(Cc1ccco1)C(=S)NCCc1ccccc1. The molecule has 0 spiro atoms. The summed E-state index contributed by atoms with van der Waals surface area (Å²) in [5.41, 5.74) is 1.27. The maximum Gasteiger partial charge on any atom is 0.169 e. The van der Waals surface area contributed by atoms with Crippen LogP contribution in [0.4, 0.5) is 0 Å². The fourth-order valence-electron chi connectivity index (χ4n) is 2.10. The van der Waals surface area contributed by atoms with Gasteiger partial charge in [0, 0.05) is 13.1 Å². The van der Waals surface area contributed by atoms with Gasteiger partial charge < -0.3 is 14.6 Å². The van der Waals surface area contributed by atoms with Gasteiger partial charge in [0.05, 0.1) is 25.3 Å². The molecule has 1 N–H and O–H groups in total. The second-order valence-electron chi connectivity index (χ2n) is 4.88. The summed E-state index contributed by atoms with van der Waals surface area (Å²) in [7, 11) is 0. The highest BCUT2D eigenvalue weighted by Crippen LogP contribution is 2.07. The number of hydrogen-bond acceptors (Lipinski definition) is 3. The third-order valence-corrected chi connectivity index (χ3v) is 3.64. The average Bonchev–Trinajstić information content (AvgIpc) is 3.05. The Morgan fingerprint density at radius 1 is 1.23 bits per heavy atom. The third kappa shape index (κ3) is 5.23. The second-order valence-corrected chi connectivity index (χ2v) is 5.26. The fraction of sp³-hybridized carbons (Fsp3) is 0.294. The lowest BCUT2D eigenvalue weighted by molar-refractivity contribution is 0.363. The molecule has 4 nitrogen and oxygen atoms in total. The number of nitrogens with one attached hydrogen (secondary N) is 1. The number of rotatable bonds is 7. The molecule has 5 heteroatoms. The van der Waals surface area contributed by atoms with Crippen LogP contribution < -0.4 is 5.32 Å². The van der Waals surface area contributed by atoms with Gasteiger partial charge in [-0.1, -0.05) is 30.3 Å². The molecule has 0 aliphatic carbocycles. The highest BCUT2D eigenvalue weighted by atomic mass is 32.1. The van der Waals surface area contributed by atoms with Crippen molar-refractivity contribution in [3.8, 4) is 6.07 Å². The molecule has 2 aromatic rings. The molecule has 1 heterocycles. The maximum atomic E-state index is 8.78. The smallest absolute Gasteiger partial charge is 0.169 e. The molecule has 0 unspecified atom stereocenters. The zero-order chi connectivity index (χ0) is 15.6. The molecule has 2 rings (SSSR count). The fourth-order valence-corrected chi connectivity index (χ4v) is 2.36. The van der Waals surface area contributed by atoms with E-state index in [1.165, 1.54) is 5.56 Å². The summed E-state index contributed by atoms with van der Waals surface area (Å²) in [4.78, 5) is 1.96. The number of nitriles is 1. The Balaban J connectivity index is 1.84. The quantitative estimate of drug-likeness (QED) is 0.796. The number of hydrogen-bond donors (Lipinski definition) is 1. The van der Waals surface area contributed by atoms with Gasteiger partial charge in [-0.15, -0.1) is 0 Å². The van der Waals surface area contributed by atoms with Crippen LogP contribution in [0.3, 0.4) is 0 Å². The molecule has 0 radical (unpaired) electrons. The summed E-state index contributed by atoms with van der Waals surface area (Å²) in [5.74, 6) is 0.838. The van der Waals surface area contributed by atoms with Gasteiger partial charge in [-0.05, 0) is 36.3 Å². The molecule has 0 aliphatic rings. The third-order valence-electron chi connectivity index (χ3n) is 3.24. The van der Waals surface area contributed by atoms with Crippen molar-refractivity contribution in [3.05, 3.63) is 60.1 Å². The summed E-state index contributed by atoms with van der Waals surface area (Å²) in [5, 5.41) is 12.7. The lowest BCUT2D eigenvalue weighted by Crippen LogP contribution is -2.40. The van der Waals surface area contributed by atoms with Crippen molar-refractivity contribution < 1.29 is 4.42 Å². The van der Waals surface area contributed by atoms with Gasteiger partial charge in [0.2, 0.25) is 0 Å². The number of thiocarbonyl (C=S) groups is 1. The van der Waals surface area contributed by atoms with E-state index < -0.39 is 0 Å². The van der Waals surface area contributed by atoms with Crippen LogP contribution in [0.15, 0.2) is 53.1 Å². The Hall–Kier alpha value is -2.32. The largest absolute Gasteiger partial charge is 0.467 e. The van der Waals surface area contributed by atoms with Gasteiger partial charge in [0.25, 0.3) is 0 Å². The highest BCUT2D eigenvalue weighted by molar-refractivity contribution is 7.80. The van der Waals surface area contributed by atoms with Crippen molar-refractivity contribution in [2.45, 2.75) is 19.4 Å². The van der Waals surface area contributed by atoms with E-state index in [1.807, 2.05) is 35.2 Å². The first-order valence-electron chi connectivity index (χ1n) is 7.25. The topological polar surface area (TPSA) is 52.2 Å². The van der Waals surface area contributed by atoms with Gasteiger partial charge in [-0.3, -0.25) is 0 Å². The molecule has 114 valence electrons. The van der Waals surface area contributed by atoms with Crippen LogP contribution >= 0.6 is 12.2 Å². The molecule has 0 fully saturated rings. The number of nitrogens with zero attached hydrogens (tertiary/aromatic N) is 2. The van der Waals surface area contributed by atoms with E-state index >= 15 is 0 Å². The van der Waals surface area contributed by atoms with Crippen LogP contribution in [-0.2, 0) is 13.0 Å². The van der Waals surface area contributed by atoms with Crippen molar-refractivity contribution in [2.24, 2.45) is 0 Å². The van der Waals surface area contributed by atoms with E-state index in [9.17, 15) is 0 Å².